The maximum absolute atomic E-state index is 12.7. The van der Waals surface area contributed by atoms with E-state index in [0.717, 1.165) is 25.0 Å². The van der Waals surface area contributed by atoms with Gasteiger partial charge in [0.25, 0.3) is 5.91 Å². The molecule has 1 aliphatic rings. The third-order valence-corrected chi connectivity index (χ3v) is 6.70. The Kier molecular flexibility index (Phi) is 7.43. The number of benzene rings is 2. The molecular formula is C23H31N3O4S. The molecule has 168 valence electrons. The van der Waals surface area contributed by atoms with Gasteiger partial charge in [-0.2, -0.15) is 0 Å². The predicted molar refractivity (Wildman–Crippen MR) is 126 cm³/mol. The molecule has 0 aromatic heterocycles. The number of hydrogen-bond donors (Lipinski definition) is 1. The quantitative estimate of drug-likeness (QED) is 0.667. The minimum atomic E-state index is -3.33. The van der Waals surface area contributed by atoms with Crippen LogP contribution in [0.2, 0.25) is 0 Å². The average molecular weight is 446 g/mol. The Labute approximate surface area is 185 Å². The highest BCUT2D eigenvalue weighted by molar-refractivity contribution is 7.92. The Bertz CT molecular complexity index is 969. The molecule has 2 aromatic rings. The molecule has 3 rings (SSSR count). The first-order chi connectivity index (χ1) is 14.8. The molecule has 1 N–H and O–H groups in total. The number of carbonyl (C=O) groups excluding carboxylic acids is 1. The summed E-state index contributed by atoms with van der Waals surface area (Å²) in [6.45, 7) is 4.04. The Morgan fingerprint density at radius 2 is 1.68 bits per heavy atom. The van der Waals surface area contributed by atoms with Gasteiger partial charge in [-0.1, -0.05) is 6.92 Å². The minimum absolute atomic E-state index is 0.217. The van der Waals surface area contributed by atoms with Crippen LogP contribution in [0.3, 0.4) is 0 Å². The molecule has 0 saturated carbocycles. The first-order valence-corrected chi connectivity index (χ1v) is 12.5. The fourth-order valence-corrected chi connectivity index (χ4v) is 4.05. The Balaban J connectivity index is 1.60. The summed E-state index contributed by atoms with van der Waals surface area (Å²) in [6, 6.07) is 14.6. The van der Waals surface area contributed by atoms with Gasteiger partial charge in [0, 0.05) is 31.5 Å². The Morgan fingerprint density at radius 3 is 2.23 bits per heavy atom. The SMILES string of the molecule is CC[C@H](Oc1ccc(N(C)S(C)(=O)=O)cc1)C(=O)Nc1ccc(N2CCCCC2)cc1. The van der Waals surface area contributed by atoms with E-state index in [1.165, 1.54) is 36.3 Å². The van der Waals surface area contributed by atoms with Gasteiger partial charge in [0.1, 0.15) is 5.75 Å². The van der Waals surface area contributed by atoms with Gasteiger partial charge in [0.15, 0.2) is 6.10 Å². The second-order valence-electron chi connectivity index (χ2n) is 7.82. The lowest BCUT2D eigenvalue weighted by atomic mass is 10.1. The first kappa shape index (κ1) is 22.9. The van der Waals surface area contributed by atoms with Crippen LogP contribution in [-0.2, 0) is 14.8 Å². The summed E-state index contributed by atoms with van der Waals surface area (Å²) in [5.41, 5.74) is 2.44. The summed E-state index contributed by atoms with van der Waals surface area (Å²) < 4.78 is 30.3. The van der Waals surface area contributed by atoms with Crippen LogP contribution in [0.25, 0.3) is 0 Å². The van der Waals surface area contributed by atoms with E-state index in [1.807, 2.05) is 31.2 Å². The third kappa shape index (κ3) is 6.13. The van der Waals surface area contributed by atoms with Crippen LogP contribution in [0.5, 0.6) is 5.75 Å². The molecule has 1 aliphatic heterocycles. The maximum atomic E-state index is 12.7. The molecular weight excluding hydrogens is 414 g/mol. The van der Waals surface area contributed by atoms with Gasteiger partial charge in [-0.15, -0.1) is 0 Å². The summed E-state index contributed by atoms with van der Waals surface area (Å²) in [5.74, 6) is 0.290. The zero-order valence-electron chi connectivity index (χ0n) is 18.4. The van der Waals surface area contributed by atoms with E-state index in [2.05, 4.69) is 10.2 Å². The van der Waals surface area contributed by atoms with Crippen LogP contribution in [-0.4, -0.2) is 46.8 Å². The van der Waals surface area contributed by atoms with Crippen molar-refractivity contribution in [3.05, 3.63) is 48.5 Å². The number of sulfonamides is 1. The van der Waals surface area contributed by atoms with Gasteiger partial charge in [0.05, 0.1) is 11.9 Å². The van der Waals surface area contributed by atoms with E-state index in [-0.39, 0.29) is 5.91 Å². The molecule has 0 spiro atoms. The second kappa shape index (κ2) is 10.0. The number of amides is 1. The first-order valence-electron chi connectivity index (χ1n) is 10.6. The van der Waals surface area contributed by atoms with Crippen molar-refractivity contribution in [3.8, 4) is 5.75 Å². The van der Waals surface area contributed by atoms with Gasteiger partial charge in [-0.3, -0.25) is 9.10 Å². The molecule has 1 atom stereocenters. The van der Waals surface area contributed by atoms with Crippen LogP contribution in [0, 0.1) is 0 Å². The molecule has 1 amide bonds. The number of nitrogens with zero attached hydrogens (tertiary/aromatic N) is 2. The standard InChI is InChI=1S/C23H31N3O4S/c1-4-22(30-21-14-12-19(13-15-21)25(2)31(3,28)29)23(27)24-18-8-10-20(11-9-18)26-16-6-5-7-17-26/h8-15,22H,4-7,16-17H2,1-3H3,(H,24,27)/t22-/m0/s1. The van der Waals surface area contributed by atoms with Crippen LogP contribution in [0.4, 0.5) is 17.1 Å². The molecule has 1 heterocycles. The van der Waals surface area contributed by atoms with Crippen molar-refractivity contribution < 1.29 is 17.9 Å². The lowest BCUT2D eigenvalue weighted by molar-refractivity contribution is -0.122. The second-order valence-corrected chi connectivity index (χ2v) is 9.84. The largest absolute Gasteiger partial charge is 0.481 e. The molecule has 0 bridgehead atoms. The van der Waals surface area contributed by atoms with Crippen LogP contribution >= 0.6 is 0 Å². The van der Waals surface area contributed by atoms with Crippen molar-refractivity contribution >= 4 is 33.0 Å². The van der Waals surface area contributed by atoms with Gasteiger partial charge >= 0.3 is 0 Å². The highest BCUT2D eigenvalue weighted by Gasteiger charge is 2.19. The Morgan fingerprint density at radius 1 is 1.06 bits per heavy atom. The van der Waals surface area contributed by atoms with E-state index in [4.69, 9.17) is 4.74 Å². The van der Waals surface area contributed by atoms with Gasteiger partial charge < -0.3 is 15.0 Å². The summed E-state index contributed by atoms with van der Waals surface area (Å²) in [5, 5.41) is 2.92. The van der Waals surface area contributed by atoms with Crippen LogP contribution < -0.4 is 19.3 Å². The van der Waals surface area contributed by atoms with E-state index in [0.29, 0.717) is 17.9 Å². The molecule has 0 radical (unpaired) electrons. The summed E-state index contributed by atoms with van der Waals surface area (Å²) >= 11 is 0. The molecule has 8 heteroatoms. The van der Waals surface area contributed by atoms with Crippen molar-refractivity contribution in [2.45, 2.75) is 38.7 Å². The van der Waals surface area contributed by atoms with Gasteiger partial charge in [-0.25, -0.2) is 8.42 Å². The fraction of sp³-hybridized carbons (Fsp3) is 0.435. The van der Waals surface area contributed by atoms with Crippen molar-refractivity contribution in [2.75, 3.05) is 40.9 Å². The van der Waals surface area contributed by atoms with Crippen LogP contribution in [0.1, 0.15) is 32.6 Å². The smallest absolute Gasteiger partial charge is 0.265 e. The van der Waals surface area contributed by atoms with E-state index in [9.17, 15) is 13.2 Å². The van der Waals surface area contributed by atoms with Crippen molar-refractivity contribution in [1.29, 1.82) is 0 Å². The topological polar surface area (TPSA) is 78.9 Å². The average Bonchev–Trinajstić information content (AvgIpc) is 2.78. The van der Waals surface area contributed by atoms with Crippen LogP contribution in [0.15, 0.2) is 48.5 Å². The highest BCUT2D eigenvalue weighted by atomic mass is 32.2. The number of rotatable bonds is 8. The third-order valence-electron chi connectivity index (χ3n) is 5.50. The molecule has 7 nitrogen and oxygen atoms in total. The highest BCUT2D eigenvalue weighted by Crippen LogP contribution is 2.24. The molecule has 2 aromatic carbocycles. The summed E-state index contributed by atoms with van der Waals surface area (Å²) in [7, 11) is -1.84. The maximum Gasteiger partial charge on any atom is 0.265 e. The Hall–Kier alpha value is -2.74. The number of ether oxygens (including phenoxy) is 1. The normalized spacial score (nSPS) is 15.3. The molecule has 0 aliphatic carbocycles. The van der Waals surface area contributed by atoms with Gasteiger partial charge in [-0.05, 0) is 74.2 Å². The summed E-state index contributed by atoms with van der Waals surface area (Å²) in [6.07, 6.45) is 4.73. The fourth-order valence-electron chi connectivity index (χ4n) is 3.54. The number of hydrogen-bond acceptors (Lipinski definition) is 5. The van der Waals surface area contributed by atoms with E-state index in [1.54, 1.807) is 24.3 Å². The van der Waals surface area contributed by atoms with Crippen molar-refractivity contribution in [2.24, 2.45) is 0 Å². The molecule has 1 saturated heterocycles. The zero-order valence-corrected chi connectivity index (χ0v) is 19.2. The summed E-state index contributed by atoms with van der Waals surface area (Å²) in [4.78, 5) is 15.1. The lowest BCUT2D eigenvalue weighted by Crippen LogP contribution is -2.32. The minimum Gasteiger partial charge on any atom is -0.481 e. The van der Waals surface area contributed by atoms with Crippen molar-refractivity contribution in [3.63, 3.8) is 0 Å². The molecule has 1 fully saturated rings. The van der Waals surface area contributed by atoms with Gasteiger partial charge in [0.2, 0.25) is 10.0 Å². The molecule has 31 heavy (non-hydrogen) atoms. The van der Waals surface area contributed by atoms with Crippen molar-refractivity contribution in [1.82, 2.24) is 0 Å². The predicted octanol–water partition coefficient (Wildman–Crippen LogP) is 3.87. The number of carbonyl (C=O) groups is 1. The van der Waals surface area contributed by atoms with E-state index >= 15 is 0 Å². The molecule has 0 unspecified atom stereocenters. The number of nitrogens with one attached hydrogen (secondary N) is 1. The number of piperidine rings is 1. The monoisotopic (exact) mass is 445 g/mol. The van der Waals surface area contributed by atoms with E-state index < -0.39 is 16.1 Å². The zero-order chi connectivity index (χ0) is 22.4. The number of anilines is 3. The lowest BCUT2D eigenvalue weighted by Gasteiger charge is -2.29.